The van der Waals surface area contributed by atoms with E-state index >= 15 is 0 Å². The number of phenolic OH excluding ortho intramolecular Hbond substituents is 2. The van der Waals surface area contributed by atoms with Crippen LogP contribution in [0.3, 0.4) is 0 Å². The Balaban J connectivity index is 0.000000673. The summed E-state index contributed by atoms with van der Waals surface area (Å²) in [4.78, 5) is 14.7. The number of benzene rings is 2. The molecular weight excluding hydrogens is 809 g/mol. The lowest BCUT2D eigenvalue weighted by molar-refractivity contribution is -0.130. The van der Waals surface area contributed by atoms with Crippen LogP contribution in [0.1, 0.15) is 151 Å². The van der Waals surface area contributed by atoms with Gasteiger partial charge in [-0.05, 0) is 131 Å². The summed E-state index contributed by atoms with van der Waals surface area (Å²) < 4.78 is 22.2. The molecule has 0 bridgehead atoms. The summed E-state index contributed by atoms with van der Waals surface area (Å²) >= 11 is 13.9. The molecule has 14 heteroatoms. The van der Waals surface area contributed by atoms with E-state index in [1.807, 2.05) is 56.9 Å². The molecule has 0 heterocycles. The molecule has 0 aliphatic carbocycles. The standard InChI is InChI=1S/C32H49NO3.C9H22O4P2S4/c1-20(34)33(18-21-14-23(29(2,3)4)27(35)24(15-21)30(5,6)7)19-22-16-25(31(8,9)10)28(36)26(17-22)32(11,12)13;1-5-10-14(16,11-6-2)18-9-19-15(17,12-7-3)13-8-4/h14-17,35-36H,18-19H2,1-13H3;5-9H2,1-4H3. The van der Waals surface area contributed by atoms with Gasteiger partial charge in [0.2, 0.25) is 17.3 Å². The van der Waals surface area contributed by atoms with Crippen molar-refractivity contribution in [2.24, 2.45) is 0 Å². The highest BCUT2D eigenvalue weighted by Crippen LogP contribution is 2.68. The van der Waals surface area contributed by atoms with Crippen LogP contribution < -0.4 is 0 Å². The van der Waals surface area contributed by atoms with Crippen LogP contribution in [0.2, 0.25) is 0 Å². The molecule has 0 aliphatic rings. The first kappa shape index (κ1) is 52.4. The van der Waals surface area contributed by atoms with Crippen LogP contribution in [-0.2, 0) is 81.3 Å². The Morgan fingerprint density at radius 2 is 0.818 bits per heavy atom. The van der Waals surface area contributed by atoms with Gasteiger partial charge in [-0.1, -0.05) is 106 Å². The summed E-state index contributed by atoms with van der Waals surface area (Å²) in [5.41, 5.74) is 0.127. The fraction of sp³-hybridized carbons (Fsp3) is 0.683. The molecule has 0 aromatic heterocycles. The molecule has 8 nitrogen and oxygen atoms in total. The summed E-state index contributed by atoms with van der Waals surface area (Å²) in [7, 11) is 0. The Morgan fingerprint density at radius 3 is 1.00 bits per heavy atom. The van der Waals surface area contributed by atoms with Gasteiger partial charge in [0.25, 0.3) is 0 Å². The van der Waals surface area contributed by atoms with Crippen molar-refractivity contribution < 1.29 is 33.1 Å². The second-order valence-electron chi connectivity index (χ2n) is 17.4. The molecule has 0 radical (unpaired) electrons. The zero-order valence-electron chi connectivity index (χ0n) is 36.7. The van der Waals surface area contributed by atoms with Crippen LogP contribution in [0, 0.1) is 0 Å². The van der Waals surface area contributed by atoms with Gasteiger partial charge in [-0.3, -0.25) is 4.79 Å². The van der Waals surface area contributed by atoms with E-state index in [9.17, 15) is 15.0 Å². The van der Waals surface area contributed by atoms with Gasteiger partial charge in [0, 0.05) is 20.0 Å². The van der Waals surface area contributed by atoms with Crippen LogP contribution in [-0.4, -0.2) is 52.5 Å². The molecule has 2 aromatic carbocycles. The summed E-state index contributed by atoms with van der Waals surface area (Å²) in [6, 6.07) is 8.16. The molecule has 0 saturated carbocycles. The number of nitrogens with zero attached hydrogens (tertiary/aromatic N) is 1. The molecule has 316 valence electrons. The Morgan fingerprint density at radius 1 is 0.582 bits per heavy atom. The average Bonchev–Trinajstić information content (AvgIpc) is 3.00. The molecule has 1 amide bonds. The molecule has 0 atom stereocenters. The lowest BCUT2D eigenvalue weighted by atomic mass is 9.78. The van der Waals surface area contributed by atoms with Crippen molar-refractivity contribution in [2.45, 2.75) is 152 Å². The van der Waals surface area contributed by atoms with E-state index < -0.39 is 11.4 Å². The fourth-order valence-electron chi connectivity index (χ4n) is 5.59. The first-order valence-electron chi connectivity index (χ1n) is 19.0. The Labute approximate surface area is 352 Å². The van der Waals surface area contributed by atoms with Crippen LogP contribution in [0.25, 0.3) is 0 Å². The zero-order valence-corrected chi connectivity index (χ0v) is 41.7. The van der Waals surface area contributed by atoms with Gasteiger partial charge in [-0.15, -0.1) is 0 Å². The first-order chi connectivity index (χ1) is 25.0. The topological polar surface area (TPSA) is 97.7 Å². The Bertz CT molecular complexity index is 1450. The summed E-state index contributed by atoms with van der Waals surface area (Å²) in [6.07, 6.45) is 0. The van der Waals surface area contributed by atoms with Gasteiger partial charge >= 0.3 is 0 Å². The number of amides is 1. The molecule has 2 aromatic rings. The number of rotatable bonds is 16. The van der Waals surface area contributed by atoms with E-state index in [2.05, 4.69) is 83.1 Å². The molecular formula is C41H71NO7P2S4. The molecule has 0 aliphatic heterocycles. The average molecular weight is 880 g/mol. The highest BCUT2D eigenvalue weighted by atomic mass is 32.9. The van der Waals surface area contributed by atoms with Gasteiger partial charge in [0.1, 0.15) is 11.5 Å². The van der Waals surface area contributed by atoms with E-state index in [0.29, 0.717) is 56.1 Å². The normalized spacial score (nSPS) is 13.0. The predicted octanol–water partition coefficient (Wildman–Crippen LogP) is 12.8. The minimum absolute atomic E-state index is 0.0135. The lowest BCUT2D eigenvalue weighted by Gasteiger charge is -2.31. The minimum Gasteiger partial charge on any atom is -0.507 e. The maximum Gasteiger partial charge on any atom is 0.248 e. The lowest BCUT2D eigenvalue weighted by Crippen LogP contribution is -2.29. The van der Waals surface area contributed by atoms with E-state index in [-0.39, 0.29) is 27.6 Å². The maximum absolute atomic E-state index is 12.8. The van der Waals surface area contributed by atoms with Crippen LogP contribution in [0.4, 0.5) is 0 Å². The number of hydrogen-bond acceptors (Lipinski definition) is 11. The molecule has 2 rings (SSSR count). The van der Waals surface area contributed by atoms with Gasteiger partial charge in [-0.25, -0.2) is 0 Å². The van der Waals surface area contributed by atoms with E-state index in [0.717, 1.165) is 33.4 Å². The summed E-state index contributed by atoms with van der Waals surface area (Å²) in [6.45, 7) is 37.5. The van der Waals surface area contributed by atoms with E-state index in [1.165, 1.54) is 22.8 Å². The predicted molar refractivity (Wildman–Crippen MR) is 246 cm³/mol. The first-order valence-corrected chi connectivity index (χ1v) is 27.5. The Hall–Kier alpha value is -0.650. The Kier molecular flexibility index (Phi) is 20.5. The quantitative estimate of drug-likeness (QED) is 0.125. The molecule has 0 unspecified atom stereocenters. The van der Waals surface area contributed by atoms with Crippen LogP contribution in [0.5, 0.6) is 11.5 Å². The van der Waals surface area contributed by atoms with Gasteiger partial charge in [0.15, 0.2) is 0 Å². The molecule has 0 spiro atoms. The number of aromatic hydroxyl groups is 2. The van der Waals surface area contributed by atoms with E-state index in [1.54, 1.807) is 6.92 Å². The van der Waals surface area contributed by atoms with Gasteiger partial charge in [-0.2, -0.15) is 0 Å². The smallest absolute Gasteiger partial charge is 0.248 e. The summed E-state index contributed by atoms with van der Waals surface area (Å²) in [5, 5.41) is 22.9. The zero-order chi connectivity index (χ0) is 42.8. The monoisotopic (exact) mass is 879 g/mol. The highest BCUT2D eigenvalue weighted by Gasteiger charge is 2.30. The van der Waals surface area contributed by atoms with E-state index in [4.69, 9.17) is 41.7 Å². The third-order valence-corrected chi connectivity index (χ3v) is 20.3. The van der Waals surface area contributed by atoms with Crippen molar-refractivity contribution in [3.63, 3.8) is 0 Å². The van der Waals surface area contributed by atoms with Gasteiger partial charge < -0.3 is 33.2 Å². The molecule has 0 fully saturated rings. The van der Waals surface area contributed by atoms with Crippen molar-refractivity contribution in [2.75, 3.05) is 31.5 Å². The molecule has 2 N–H and O–H groups in total. The van der Waals surface area contributed by atoms with Crippen LogP contribution in [0.15, 0.2) is 24.3 Å². The second kappa shape index (κ2) is 21.6. The van der Waals surface area contributed by atoms with Crippen LogP contribution >= 0.6 is 34.2 Å². The second-order valence-corrected chi connectivity index (χ2v) is 30.4. The number of carbonyl (C=O) groups is 1. The van der Waals surface area contributed by atoms with Crippen molar-refractivity contribution in [3.05, 3.63) is 57.6 Å². The SMILES string of the molecule is CC(=O)N(Cc1cc(C(C)(C)C)c(O)c(C(C)(C)C)c1)Cc1cc(C(C)(C)C)c(O)c(C(C)(C)C)c1.CCOP(=S)(OCC)SCSP(=S)(OCC)OCC. The number of phenols is 2. The molecule has 0 saturated heterocycles. The third kappa shape index (κ3) is 16.9. The number of hydrogen-bond donors (Lipinski definition) is 2. The number of carbonyl (C=O) groups excluding carboxylic acids is 1. The molecule has 55 heavy (non-hydrogen) atoms. The van der Waals surface area contributed by atoms with Gasteiger partial charge in [0.05, 0.1) is 31.5 Å². The minimum atomic E-state index is -2.25. The highest BCUT2D eigenvalue weighted by molar-refractivity contribution is 8.76. The summed E-state index contributed by atoms with van der Waals surface area (Å²) in [5.74, 6) is 0.674. The maximum atomic E-state index is 12.8. The van der Waals surface area contributed by atoms with Crippen molar-refractivity contribution in [1.82, 2.24) is 4.90 Å². The van der Waals surface area contributed by atoms with Crippen molar-refractivity contribution in [3.8, 4) is 11.5 Å². The van der Waals surface area contributed by atoms with Crippen molar-refractivity contribution >= 4 is 63.7 Å². The van der Waals surface area contributed by atoms with Crippen molar-refractivity contribution in [1.29, 1.82) is 0 Å². The third-order valence-electron chi connectivity index (χ3n) is 8.33. The largest absolute Gasteiger partial charge is 0.507 e. The fourth-order valence-corrected chi connectivity index (χ4v) is 18.3.